The molecule has 1 aromatic rings. The molecule has 0 aliphatic heterocycles. The van der Waals surface area contributed by atoms with Crippen LogP contribution in [0.3, 0.4) is 0 Å². The first-order valence-electron chi connectivity index (χ1n) is 3.58. The molecule has 0 saturated carbocycles. The van der Waals surface area contributed by atoms with Crippen molar-refractivity contribution in [3.63, 3.8) is 0 Å². The lowest BCUT2D eigenvalue weighted by atomic mass is 10.5. The predicted octanol–water partition coefficient (Wildman–Crippen LogP) is 0.590. The van der Waals surface area contributed by atoms with Gasteiger partial charge in [-0.05, 0) is 13.0 Å². The normalized spacial score (nSPS) is 10.4. The molecule has 1 rings (SSSR count). The monoisotopic (exact) mass is 205 g/mol. The molecule has 0 atom stereocenters. The van der Waals surface area contributed by atoms with E-state index in [1.165, 1.54) is 0 Å². The zero-order valence-electron chi connectivity index (χ0n) is 6.86. The highest BCUT2D eigenvalue weighted by Gasteiger charge is 2.08. The SMILES string of the molecule is CCOc1ncc(F)cc1[SH](=O)=O. The van der Waals surface area contributed by atoms with Crippen LogP contribution in [0, 0.1) is 5.82 Å². The van der Waals surface area contributed by atoms with Crippen molar-refractivity contribution in [3.8, 4) is 5.88 Å². The Bertz CT molecular complexity index is 370. The summed E-state index contributed by atoms with van der Waals surface area (Å²) < 4.78 is 38.7. The van der Waals surface area contributed by atoms with Crippen LogP contribution < -0.4 is 4.74 Å². The number of hydrogen-bond acceptors (Lipinski definition) is 4. The fraction of sp³-hybridized carbons (Fsp3) is 0.286. The van der Waals surface area contributed by atoms with Gasteiger partial charge in [-0.1, -0.05) is 0 Å². The third-order valence-corrected chi connectivity index (χ3v) is 1.99. The largest absolute Gasteiger partial charge is 0.477 e. The Morgan fingerprint density at radius 3 is 2.85 bits per heavy atom. The van der Waals surface area contributed by atoms with Gasteiger partial charge >= 0.3 is 0 Å². The van der Waals surface area contributed by atoms with Crippen LogP contribution in [0.4, 0.5) is 4.39 Å². The number of pyridine rings is 1. The molecule has 0 amide bonds. The van der Waals surface area contributed by atoms with E-state index >= 15 is 0 Å². The van der Waals surface area contributed by atoms with Crippen molar-refractivity contribution in [3.05, 3.63) is 18.1 Å². The molecule has 4 nitrogen and oxygen atoms in total. The maximum atomic E-state index is 12.6. The predicted molar refractivity (Wildman–Crippen MR) is 43.9 cm³/mol. The van der Waals surface area contributed by atoms with E-state index in [0.717, 1.165) is 12.3 Å². The molecule has 0 fully saturated rings. The number of rotatable bonds is 3. The molecule has 72 valence electrons. The number of thiol groups is 1. The van der Waals surface area contributed by atoms with E-state index in [1.807, 2.05) is 0 Å². The van der Waals surface area contributed by atoms with Gasteiger partial charge in [-0.2, -0.15) is 0 Å². The number of aromatic nitrogens is 1. The summed E-state index contributed by atoms with van der Waals surface area (Å²) in [4.78, 5) is 3.28. The minimum atomic E-state index is -2.87. The van der Waals surface area contributed by atoms with Crippen LogP contribution in [0.1, 0.15) is 6.92 Å². The Labute approximate surface area is 76.3 Å². The zero-order valence-corrected chi connectivity index (χ0v) is 7.75. The van der Waals surface area contributed by atoms with Crippen molar-refractivity contribution < 1.29 is 17.5 Å². The van der Waals surface area contributed by atoms with Gasteiger partial charge in [0.2, 0.25) is 5.88 Å². The van der Waals surface area contributed by atoms with E-state index in [9.17, 15) is 12.8 Å². The number of ether oxygens (including phenoxy) is 1. The first kappa shape index (κ1) is 9.91. The molecule has 0 spiro atoms. The van der Waals surface area contributed by atoms with Crippen LogP contribution in [-0.4, -0.2) is 20.0 Å². The minimum Gasteiger partial charge on any atom is -0.477 e. The average Bonchev–Trinajstić information content (AvgIpc) is 2.08. The summed E-state index contributed by atoms with van der Waals surface area (Å²) in [5.74, 6) is -0.752. The molecule has 0 aliphatic carbocycles. The van der Waals surface area contributed by atoms with Crippen molar-refractivity contribution in [2.24, 2.45) is 0 Å². The molecule has 0 N–H and O–H groups in total. The van der Waals surface area contributed by atoms with Crippen LogP contribution in [0.15, 0.2) is 17.2 Å². The van der Waals surface area contributed by atoms with Gasteiger partial charge in [0, 0.05) is 0 Å². The number of hydrogen-bond donors (Lipinski definition) is 1. The molecule has 0 unspecified atom stereocenters. The van der Waals surface area contributed by atoms with Gasteiger partial charge in [-0.25, -0.2) is 17.8 Å². The molecule has 0 aromatic carbocycles. The maximum absolute atomic E-state index is 12.6. The second kappa shape index (κ2) is 4.18. The van der Waals surface area contributed by atoms with Crippen molar-refractivity contribution in [1.82, 2.24) is 4.98 Å². The fourth-order valence-corrected chi connectivity index (χ4v) is 1.30. The summed E-state index contributed by atoms with van der Waals surface area (Å²) in [5.41, 5.74) is 0. The molecule has 1 heterocycles. The minimum absolute atomic E-state index is 0.0555. The Hall–Kier alpha value is -1.17. The lowest BCUT2D eigenvalue weighted by molar-refractivity contribution is 0.316. The topological polar surface area (TPSA) is 56.3 Å². The van der Waals surface area contributed by atoms with E-state index in [0.29, 0.717) is 0 Å². The van der Waals surface area contributed by atoms with Crippen LogP contribution in [0.2, 0.25) is 0 Å². The summed E-state index contributed by atoms with van der Waals surface area (Å²) in [5, 5.41) is 0. The lowest BCUT2D eigenvalue weighted by Gasteiger charge is -2.03. The molecule has 6 heteroatoms. The van der Waals surface area contributed by atoms with E-state index in [4.69, 9.17) is 4.74 Å². The van der Waals surface area contributed by atoms with Gasteiger partial charge in [0.15, 0.2) is 10.7 Å². The maximum Gasteiger partial charge on any atom is 0.232 e. The summed E-state index contributed by atoms with van der Waals surface area (Å²) >= 11 is 0. The van der Waals surface area contributed by atoms with Crippen LogP contribution in [-0.2, 0) is 10.7 Å². The molecular weight excluding hydrogens is 197 g/mol. The summed E-state index contributed by atoms with van der Waals surface area (Å²) in [6.07, 6.45) is 0.910. The molecule has 13 heavy (non-hydrogen) atoms. The highest BCUT2D eigenvalue weighted by Crippen LogP contribution is 2.17. The molecule has 0 radical (unpaired) electrons. The van der Waals surface area contributed by atoms with Gasteiger partial charge in [-0.3, -0.25) is 0 Å². The van der Waals surface area contributed by atoms with Gasteiger partial charge in [0.25, 0.3) is 0 Å². The van der Waals surface area contributed by atoms with E-state index in [2.05, 4.69) is 4.98 Å². The fourth-order valence-electron chi connectivity index (χ4n) is 0.795. The molecule has 0 aliphatic rings. The highest BCUT2D eigenvalue weighted by molar-refractivity contribution is 7.72. The van der Waals surface area contributed by atoms with E-state index in [-0.39, 0.29) is 17.4 Å². The van der Waals surface area contributed by atoms with Crippen molar-refractivity contribution in [2.45, 2.75) is 11.8 Å². The van der Waals surface area contributed by atoms with E-state index in [1.54, 1.807) is 6.92 Å². The smallest absolute Gasteiger partial charge is 0.232 e. The summed E-state index contributed by atoms with van der Waals surface area (Å²) in [6, 6.07) is 0.879. The highest BCUT2D eigenvalue weighted by atomic mass is 32.2. The molecule has 1 aromatic heterocycles. The Morgan fingerprint density at radius 1 is 1.62 bits per heavy atom. The van der Waals surface area contributed by atoms with Gasteiger partial charge in [0.1, 0.15) is 10.7 Å². The molecular formula is C7H8FNO3S. The van der Waals surface area contributed by atoms with Crippen LogP contribution in [0.5, 0.6) is 5.88 Å². The lowest BCUT2D eigenvalue weighted by Crippen LogP contribution is -1.99. The van der Waals surface area contributed by atoms with Gasteiger partial charge in [-0.15, -0.1) is 0 Å². The second-order valence-corrected chi connectivity index (χ2v) is 3.16. The first-order chi connectivity index (χ1) is 6.15. The number of nitrogens with zero attached hydrogens (tertiary/aromatic N) is 1. The Kier molecular flexibility index (Phi) is 3.18. The first-order valence-corrected chi connectivity index (χ1v) is 4.75. The third kappa shape index (κ3) is 2.38. The molecule has 0 bridgehead atoms. The second-order valence-electron chi connectivity index (χ2n) is 2.17. The summed E-state index contributed by atoms with van der Waals surface area (Å²) in [6.45, 7) is 1.97. The van der Waals surface area contributed by atoms with Gasteiger partial charge in [0.05, 0.1) is 12.8 Å². The average molecular weight is 205 g/mol. The quantitative estimate of drug-likeness (QED) is 0.734. The van der Waals surface area contributed by atoms with Crippen LogP contribution >= 0.6 is 0 Å². The third-order valence-electron chi connectivity index (χ3n) is 1.28. The van der Waals surface area contributed by atoms with Crippen molar-refractivity contribution in [2.75, 3.05) is 6.61 Å². The Balaban J connectivity index is 3.18. The molecule has 0 saturated heterocycles. The standard InChI is InChI=1S/C7H8FNO3S/c1-2-12-7-6(13(10)11)3-5(8)4-9-7/h3-4,13H,2H2,1H3. The van der Waals surface area contributed by atoms with Crippen molar-refractivity contribution >= 4 is 10.7 Å². The zero-order chi connectivity index (χ0) is 9.84. The van der Waals surface area contributed by atoms with Crippen LogP contribution in [0.25, 0.3) is 0 Å². The number of halogens is 1. The van der Waals surface area contributed by atoms with E-state index < -0.39 is 16.5 Å². The summed E-state index contributed by atoms with van der Waals surface area (Å²) in [7, 11) is -2.87. The van der Waals surface area contributed by atoms with Crippen molar-refractivity contribution in [1.29, 1.82) is 0 Å². The van der Waals surface area contributed by atoms with Gasteiger partial charge < -0.3 is 4.74 Å². The Morgan fingerprint density at radius 2 is 2.31 bits per heavy atom.